The molecular formula is C94H82Ir3N8O3Si3-6. The largest absolute Gasteiger partial charge is 0.501 e. The van der Waals surface area contributed by atoms with Gasteiger partial charge in [-0.05, 0) is 129 Å². The minimum Gasteiger partial charge on any atom is -0.501 e. The molecule has 0 aliphatic carbocycles. The molecule has 0 aliphatic heterocycles. The number of hydrogen-bond donors (Lipinski definition) is 0. The zero-order valence-electron chi connectivity index (χ0n) is 71.4. The SMILES string of the molecule is C[Si](C)(C)c1ccc(-c2[c-]ccc3c2oc2ccccc23)nc1.C[Si](C)(C)c1ccc(-c2[c-]ccc3c2oc2ncccc23)nc1.C[Si](C)(C)c1ccc(-c2[c-]ncc3c2oc2ccccc23)nc1.[2H]C([2H])([2H])c1ccc(-c2[c-]cccc2)nc1.[2H]C([2H])([2H])c1ccc(-c2[c-]cccc2)nc1.[2H]C([2H])([2H])c1ccc(-c2[c-]cccc2)nc1.[Ir].[Ir].[Ir]. The molecular weight excluding hydrogens is 1950 g/mol. The van der Waals surface area contributed by atoms with Gasteiger partial charge in [0, 0.05) is 132 Å². The quantitative estimate of drug-likeness (QED) is 0.101. The minimum atomic E-state index is -2.09. The van der Waals surface area contributed by atoms with Gasteiger partial charge in [0.05, 0.1) is 41.0 Å². The van der Waals surface area contributed by atoms with Gasteiger partial charge in [0.1, 0.15) is 11.2 Å². The van der Waals surface area contributed by atoms with Crippen molar-refractivity contribution in [1.82, 2.24) is 39.9 Å². The number of furan rings is 3. The number of hydrogen-bond acceptors (Lipinski definition) is 11. The molecule has 3 radical (unpaired) electrons. The van der Waals surface area contributed by atoms with E-state index in [4.69, 9.17) is 25.6 Å². The van der Waals surface area contributed by atoms with Crippen molar-refractivity contribution < 1.29 is 85.9 Å². The summed E-state index contributed by atoms with van der Waals surface area (Å²) < 4.78 is 83.2. The van der Waals surface area contributed by atoms with E-state index in [0.717, 1.165) is 128 Å². The third-order valence-electron chi connectivity index (χ3n) is 17.7. The first-order valence-electron chi connectivity index (χ1n) is 39.7. The van der Waals surface area contributed by atoms with Gasteiger partial charge in [-0.15, -0.1) is 144 Å². The molecule has 561 valence electrons. The topological polar surface area (TPSA) is 143 Å². The number of rotatable bonds is 9. The standard InChI is InChI=1S/C20H18NOSi.2C19H17N2OSi.3C12H10N.3Ir/c1-23(2,3)14-11-12-18(21-13-14)17-9-6-8-16-15-7-4-5-10-19(15)22-20(16)17;1-23(2,3)13-9-10-17(21-12-13)16-7-4-6-14-15-8-5-11-20-19(15)22-18(14)16;1-23(2,3)13-8-9-17(21-10-13)16-12-20-11-15-14-6-4-5-7-18(14)22-19(15)16;3*1-10-7-8-12(13-9-10)11-5-3-2-4-6-11;;;/h4-8,10-13H,1-3H3;4-6,8-12H,1-3H3;4-11H,1-3H3;3*2-5,7-9H,1H3;;;/q6*-1;;;/i;;;3*1D3;;;. The van der Waals surface area contributed by atoms with Gasteiger partial charge in [-0.3, -0.25) is 0 Å². The molecule has 0 amide bonds. The summed E-state index contributed by atoms with van der Waals surface area (Å²) in [5, 5.41) is 10.5. The molecule has 0 aliphatic rings. The molecule has 111 heavy (non-hydrogen) atoms. The van der Waals surface area contributed by atoms with Crippen LogP contribution in [0.15, 0.2) is 293 Å². The van der Waals surface area contributed by atoms with Crippen LogP contribution in [0.2, 0.25) is 58.9 Å². The third-order valence-corrected chi connectivity index (χ3v) is 23.8. The average Bonchev–Trinajstić information content (AvgIpc) is 1.62. The van der Waals surface area contributed by atoms with Crippen LogP contribution >= 0.6 is 0 Å². The third kappa shape index (κ3) is 20.7. The Kier molecular flexibility index (Phi) is 24.1. The van der Waals surface area contributed by atoms with Gasteiger partial charge in [-0.25, -0.2) is 4.98 Å². The number of nitrogens with zero attached hydrogens (tertiary/aromatic N) is 8. The van der Waals surface area contributed by atoms with E-state index in [9.17, 15) is 0 Å². The fourth-order valence-corrected chi connectivity index (χ4v) is 14.8. The molecule has 7 aromatic carbocycles. The Morgan fingerprint density at radius 3 is 1.03 bits per heavy atom. The smallest absolute Gasteiger partial charge is 0.216 e. The van der Waals surface area contributed by atoms with Crippen LogP contribution in [-0.2, 0) is 60.3 Å². The van der Waals surface area contributed by atoms with Gasteiger partial charge in [0.2, 0.25) is 5.71 Å². The first-order chi connectivity index (χ1) is 55.8. The van der Waals surface area contributed by atoms with Gasteiger partial charge >= 0.3 is 0 Å². The van der Waals surface area contributed by atoms with Gasteiger partial charge in [-0.2, -0.15) is 0 Å². The Morgan fingerprint density at radius 2 is 0.649 bits per heavy atom. The Labute approximate surface area is 706 Å². The molecule has 0 saturated heterocycles. The Morgan fingerprint density at radius 1 is 0.288 bits per heavy atom. The van der Waals surface area contributed by atoms with E-state index in [1.807, 2.05) is 152 Å². The second kappa shape index (κ2) is 37.6. The summed E-state index contributed by atoms with van der Waals surface area (Å²) in [6.45, 7) is 14.6. The van der Waals surface area contributed by atoms with E-state index in [2.05, 4.69) is 178 Å². The van der Waals surface area contributed by atoms with E-state index in [0.29, 0.717) is 5.71 Å². The fraction of sp³-hybridized carbons (Fsp3) is 0.128. The van der Waals surface area contributed by atoms with Crippen molar-refractivity contribution in [3.8, 4) is 67.5 Å². The molecule has 0 saturated carbocycles. The number of pyridine rings is 8. The van der Waals surface area contributed by atoms with Crippen molar-refractivity contribution in [3.63, 3.8) is 0 Å². The van der Waals surface area contributed by atoms with Gasteiger partial charge in [0.15, 0.2) is 0 Å². The number of fused-ring (bicyclic) bond motifs is 9. The van der Waals surface area contributed by atoms with Gasteiger partial charge in [-0.1, -0.05) is 196 Å². The van der Waals surface area contributed by atoms with E-state index < -0.39 is 44.8 Å². The van der Waals surface area contributed by atoms with Crippen LogP contribution in [0.1, 0.15) is 29.0 Å². The maximum atomic E-state index is 7.23. The second-order valence-electron chi connectivity index (χ2n) is 28.5. The predicted molar refractivity (Wildman–Crippen MR) is 452 cm³/mol. The van der Waals surface area contributed by atoms with E-state index in [-0.39, 0.29) is 77.0 Å². The maximum Gasteiger partial charge on any atom is 0.216 e. The van der Waals surface area contributed by atoms with E-state index in [1.54, 1.807) is 67.0 Å². The van der Waals surface area contributed by atoms with Crippen LogP contribution < -0.4 is 15.6 Å². The molecule has 0 spiro atoms. The average molecular weight is 2040 g/mol. The predicted octanol–water partition coefficient (Wildman–Crippen LogP) is 22.3. The first kappa shape index (κ1) is 71.1. The molecule has 0 fully saturated rings. The second-order valence-corrected chi connectivity index (χ2v) is 43.7. The zero-order valence-corrected chi connectivity index (χ0v) is 72.5. The summed E-state index contributed by atoms with van der Waals surface area (Å²) >= 11 is 0. The van der Waals surface area contributed by atoms with Crippen LogP contribution in [0.25, 0.3) is 133 Å². The maximum absolute atomic E-state index is 7.23. The molecule has 0 bridgehead atoms. The Hall–Kier alpha value is -10.3. The van der Waals surface area contributed by atoms with E-state index >= 15 is 0 Å². The minimum absolute atomic E-state index is 0. The molecule has 18 rings (SSSR count). The zero-order chi connectivity index (χ0) is 82.9. The summed E-state index contributed by atoms with van der Waals surface area (Å²) in [7, 11) is -4.03. The normalized spacial score (nSPS) is 12.6. The molecule has 18 aromatic rings. The molecule has 0 N–H and O–H groups in total. The van der Waals surface area contributed by atoms with Crippen molar-refractivity contribution in [2.24, 2.45) is 0 Å². The molecule has 0 unspecified atom stereocenters. The summed E-state index contributed by atoms with van der Waals surface area (Å²) in [6, 6.07) is 88.7. The van der Waals surface area contributed by atoms with Crippen LogP contribution in [0.3, 0.4) is 0 Å². The number of aromatic nitrogens is 8. The van der Waals surface area contributed by atoms with Crippen molar-refractivity contribution in [3.05, 3.63) is 333 Å². The summed E-state index contributed by atoms with van der Waals surface area (Å²) in [4.78, 5) is 34.9. The van der Waals surface area contributed by atoms with Crippen LogP contribution in [0, 0.1) is 57.1 Å². The van der Waals surface area contributed by atoms with Crippen LogP contribution in [-0.4, -0.2) is 64.1 Å². The summed E-state index contributed by atoms with van der Waals surface area (Å²) in [5.41, 5.74) is 15.7. The van der Waals surface area contributed by atoms with Crippen molar-refractivity contribution in [1.29, 1.82) is 0 Å². The molecule has 11 nitrogen and oxygen atoms in total. The Balaban J connectivity index is 0.000000152. The molecule has 11 aromatic heterocycles. The Bertz CT molecular complexity index is 5760. The first-order valence-corrected chi connectivity index (χ1v) is 45.7. The number of para-hydroxylation sites is 2. The van der Waals surface area contributed by atoms with Crippen molar-refractivity contribution in [2.45, 2.75) is 79.5 Å². The van der Waals surface area contributed by atoms with Crippen LogP contribution in [0.5, 0.6) is 0 Å². The van der Waals surface area contributed by atoms with E-state index in [1.165, 1.54) is 34.2 Å². The van der Waals surface area contributed by atoms with Crippen LogP contribution in [0.4, 0.5) is 0 Å². The fourth-order valence-electron chi connectivity index (χ4n) is 11.7. The monoisotopic (exact) mass is 2040 g/mol. The number of aryl methyl sites for hydroxylation is 3. The summed E-state index contributed by atoms with van der Waals surface area (Å²) in [5.74, 6) is 0. The number of benzene rings is 7. The van der Waals surface area contributed by atoms with Crippen molar-refractivity contribution in [2.75, 3.05) is 0 Å². The summed E-state index contributed by atoms with van der Waals surface area (Å²) in [6.07, 6.45) is 16.8. The van der Waals surface area contributed by atoms with Crippen molar-refractivity contribution >= 4 is 106 Å². The van der Waals surface area contributed by atoms with Gasteiger partial charge in [0.25, 0.3) is 0 Å². The molecule has 0 atom stereocenters. The molecule has 11 heterocycles. The molecule has 17 heteroatoms. The van der Waals surface area contributed by atoms with Gasteiger partial charge < -0.3 is 48.1 Å².